The number of carboxylic acid groups (broad SMARTS) is 1. The van der Waals surface area contributed by atoms with Crippen LogP contribution in [0.5, 0.6) is 0 Å². The molecule has 0 fully saturated rings. The Balaban J connectivity index is 0.000000505. The molecule has 4 aromatic rings. The van der Waals surface area contributed by atoms with Crippen molar-refractivity contribution in [2.24, 2.45) is 0 Å². The molecule has 200 valence electrons. The number of sulfonamides is 1. The molecule has 1 heterocycles. The minimum absolute atomic E-state index is 0.167. The number of fused-ring (bicyclic) bond motifs is 1. The number of pyridine rings is 1. The highest BCUT2D eigenvalue weighted by Crippen LogP contribution is 2.26. The summed E-state index contributed by atoms with van der Waals surface area (Å²) in [5.74, 6) is -2.76. The summed E-state index contributed by atoms with van der Waals surface area (Å²) in [5.41, 5.74) is 4.30. The fourth-order valence-corrected chi connectivity index (χ4v) is 4.66. The summed E-state index contributed by atoms with van der Waals surface area (Å²) in [5, 5.41) is 11.3. The van der Waals surface area contributed by atoms with Gasteiger partial charge in [-0.1, -0.05) is 62.4 Å². The Hall–Kier alpha value is -3.96. The largest absolute Gasteiger partial charge is 0.490 e. The van der Waals surface area contributed by atoms with Crippen LogP contribution in [0.3, 0.4) is 0 Å². The van der Waals surface area contributed by atoms with E-state index in [-0.39, 0.29) is 4.90 Å². The molecule has 7 nitrogen and oxygen atoms in total. The lowest BCUT2D eigenvalue weighted by Gasteiger charge is -2.12. The highest BCUT2D eigenvalue weighted by molar-refractivity contribution is 7.93. The number of nitrogens with zero attached hydrogens (tertiary/aromatic N) is 1. The van der Waals surface area contributed by atoms with Gasteiger partial charge < -0.3 is 10.4 Å². The molecule has 11 heteroatoms. The van der Waals surface area contributed by atoms with Crippen LogP contribution in [0, 0.1) is 0 Å². The molecule has 0 saturated heterocycles. The Morgan fingerprint density at radius 1 is 0.947 bits per heavy atom. The summed E-state index contributed by atoms with van der Waals surface area (Å²) in [6, 6.07) is 25.0. The Bertz CT molecular complexity index is 1500. The zero-order valence-corrected chi connectivity index (χ0v) is 21.3. The molecule has 0 spiro atoms. The molecule has 3 aromatic carbocycles. The Labute approximate surface area is 218 Å². The van der Waals surface area contributed by atoms with Crippen LogP contribution in [0.1, 0.15) is 19.4 Å². The van der Waals surface area contributed by atoms with Gasteiger partial charge in [-0.25, -0.2) is 13.2 Å². The predicted molar refractivity (Wildman–Crippen MR) is 140 cm³/mol. The highest BCUT2D eigenvalue weighted by atomic mass is 32.2. The molecule has 0 unspecified atom stereocenters. The van der Waals surface area contributed by atoms with E-state index in [0.29, 0.717) is 17.2 Å². The van der Waals surface area contributed by atoms with E-state index in [2.05, 4.69) is 47.1 Å². The zero-order valence-electron chi connectivity index (χ0n) is 20.5. The van der Waals surface area contributed by atoms with Gasteiger partial charge in [0, 0.05) is 29.9 Å². The number of alkyl halides is 3. The number of aromatic nitrogens is 1. The average molecular weight is 546 g/mol. The lowest BCUT2D eigenvalue weighted by atomic mass is 10.0. The molecule has 38 heavy (non-hydrogen) atoms. The molecule has 0 aliphatic rings. The Morgan fingerprint density at radius 2 is 1.58 bits per heavy atom. The quantitative estimate of drug-likeness (QED) is 0.270. The number of rotatable bonds is 7. The van der Waals surface area contributed by atoms with Crippen LogP contribution in [-0.2, 0) is 21.4 Å². The first-order valence-electron chi connectivity index (χ1n) is 11.5. The van der Waals surface area contributed by atoms with E-state index in [4.69, 9.17) is 9.90 Å². The van der Waals surface area contributed by atoms with Crippen molar-refractivity contribution in [3.05, 3.63) is 90.6 Å². The second kappa shape index (κ2) is 12.1. The van der Waals surface area contributed by atoms with Crippen molar-refractivity contribution in [3.8, 4) is 11.1 Å². The fraction of sp³-hybridized carbons (Fsp3) is 0.185. The molecule has 0 aliphatic carbocycles. The van der Waals surface area contributed by atoms with E-state index in [9.17, 15) is 21.6 Å². The summed E-state index contributed by atoms with van der Waals surface area (Å²) in [6.07, 6.45) is -3.49. The maximum atomic E-state index is 13.0. The van der Waals surface area contributed by atoms with E-state index in [1.807, 2.05) is 30.3 Å². The third-order valence-corrected chi connectivity index (χ3v) is 6.65. The molecule has 0 radical (unpaired) electrons. The van der Waals surface area contributed by atoms with Crippen molar-refractivity contribution in [2.75, 3.05) is 4.72 Å². The number of hydrogen-bond acceptors (Lipinski definition) is 5. The van der Waals surface area contributed by atoms with Gasteiger partial charge in [0.15, 0.2) is 0 Å². The monoisotopic (exact) mass is 545 g/mol. The Morgan fingerprint density at radius 3 is 2.21 bits per heavy atom. The van der Waals surface area contributed by atoms with Gasteiger partial charge in [0.25, 0.3) is 10.0 Å². The number of nitrogens with one attached hydrogen (secondary N) is 2. The van der Waals surface area contributed by atoms with Gasteiger partial charge in [0.05, 0.1) is 5.52 Å². The minimum Gasteiger partial charge on any atom is -0.475 e. The van der Waals surface area contributed by atoms with Gasteiger partial charge in [-0.15, -0.1) is 0 Å². The van der Waals surface area contributed by atoms with Gasteiger partial charge in [-0.05, 0) is 47.0 Å². The highest BCUT2D eigenvalue weighted by Gasteiger charge is 2.38. The molecule has 0 aliphatic heterocycles. The third kappa shape index (κ3) is 7.77. The molecule has 0 amide bonds. The molecule has 4 rings (SSSR count). The van der Waals surface area contributed by atoms with Gasteiger partial charge >= 0.3 is 12.1 Å². The molecule has 0 bridgehead atoms. The van der Waals surface area contributed by atoms with Crippen molar-refractivity contribution in [1.82, 2.24) is 10.3 Å². The van der Waals surface area contributed by atoms with Crippen molar-refractivity contribution in [2.45, 2.75) is 37.5 Å². The van der Waals surface area contributed by atoms with Crippen LogP contribution in [0.2, 0.25) is 0 Å². The maximum absolute atomic E-state index is 13.0. The standard InChI is InChI=1S/C25H25N3O2S.C2HF3O2/c1-18(2)27-17-19-6-3-8-22(16-19)20-11-13-23(14-12-20)28-31(29,30)24-10-4-7-21-9-5-15-26-25(21)24;3-2(4,5)1(6)7/h3-16,18,27-28H,17H2,1-2H3;(H,6,7). The van der Waals surface area contributed by atoms with Crippen molar-refractivity contribution < 1.29 is 31.5 Å². The first kappa shape index (κ1) is 28.6. The summed E-state index contributed by atoms with van der Waals surface area (Å²) >= 11 is 0. The van der Waals surface area contributed by atoms with Crippen LogP contribution in [0.25, 0.3) is 22.0 Å². The fourth-order valence-electron chi connectivity index (χ4n) is 3.42. The zero-order chi connectivity index (χ0) is 27.9. The van der Waals surface area contributed by atoms with E-state index < -0.39 is 22.2 Å². The predicted octanol–water partition coefficient (Wildman–Crippen LogP) is 5.83. The van der Waals surface area contributed by atoms with E-state index in [1.165, 1.54) is 5.56 Å². The van der Waals surface area contributed by atoms with E-state index in [0.717, 1.165) is 23.1 Å². The number of benzene rings is 3. The summed E-state index contributed by atoms with van der Waals surface area (Å²) in [7, 11) is -3.76. The normalized spacial score (nSPS) is 11.6. The van der Waals surface area contributed by atoms with Crippen LogP contribution < -0.4 is 10.0 Å². The van der Waals surface area contributed by atoms with Gasteiger partial charge in [-0.2, -0.15) is 13.2 Å². The summed E-state index contributed by atoms with van der Waals surface area (Å²) in [6.45, 7) is 5.05. The molecular weight excluding hydrogens is 519 g/mol. The smallest absolute Gasteiger partial charge is 0.475 e. The average Bonchev–Trinajstić information content (AvgIpc) is 2.87. The topological polar surface area (TPSA) is 108 Å². The number of hydrogen-bond donors (Lipinski definition) is 3. The molecule has 3 N–H and O–H groups in total. The number of para-hydroxylation sites is 1. The van der Waals surface area contributed by atoms with Crippen LogP contribution in [0.15, 0.2) is 90.0 Å². The van der Waals surface area contributed by atoms with Crippen LogP contribution in [-0.4, -0.2) is 36.7 Å². The number of carbonyl (C=O) groups is 1. The van der Waals surface area contributed by atoms with E-state index in [1.54, 1.807) is 36.5 Å². The van der Waals surface area contributed by atoms with Crippen molar-refractivity contribution >= 4 is 32.6 Å². The number of anilines is 1. The first-order chi connectivity index (χ1) is 17.9. The first-order valence-corrected chi connectivity index (χ1v) is 12.9. The van der Waals surface area contributed by atoms with Crippen molar-refractivity contribution in [3.63, 3.8) is 0 Å². The Kier molecular flexibility index (Phi) is 9.08. The lowest BCUT2D eigenvalue weighted by Crippen LogP contribution is -2.21. The van der Waals surface area contributed by atoms with Gasteiger partial charge in [0.2, 0.25) is 0 Å². The molecule has 0 atom stereocenters. The summed E-state index contributed by atoms with van der Waals surface area (Å²) in [4.78, 5) is 13.3. The number of aliphatic carboxylic acids is 1. The molecule has 1 aromatic heterocycles. The number of carboxylic acids is 1. The van der Waals surface area contributed by atoms with Gasteiger partial charge in [-0.3, -0.25) is 9.71 Å². The van der Waals surface area contributed by atoms with Gasteiger partial charge in [0.1, 0.15) is 4.90 Å². The maximum Gasteiger partial charge on any atom is 0.490 e. The summed E-state index contributed by atoms with van der Waals surface area (Å²) < 4.78 is 60.4. The molecular formula is C27H26F3N3O4S. The SMILES string of the molecule is CC(C)NCc1cccc(-c2ccc(NS(=O)(=O)c3cccc4cccnc34)cc2)c1.O=C(O)C(F)(F)F. The minimum atomic E-state index is -5.08. The van der Waals surface area contributed by atoms with Crippen LogP contribution >= 0.6 is 0 Å². The number of halogens is 3. The van der Waals surface area contributed by atoms with Crippen molar-refractivity contribution in [1.29, 1.82) is 0 Å². The second-order valence-electron chi connectivity index (χ2n) is 8.55. The molecule has 0 saturated carbocycles. The third-order valence-electron chi connectivity index (χ3n) is 5.24. The lowest BCUT2D eigenvalue weighted by molar-refractivity contribution is -0.192. The van der Waals surface area contributed by atoms with Crippen LogP contribution in [0.4, 0.5) is 18.9 Å². The van der Waals surface area contributed by atoms with E-state index >= 15 is 0 Å². The second-order valence-corrected chi connectivity index (χ2v) is 10.2.